The van der Waals surface area contributed by atoms with Crippen molar-refractivity contribution in [3.8, 4) is 0 Å². The Morgan fingerprint density at radius 3 is 2.47 bits per heavy atom. The third kappa shape index (κ3) is 3.68. The minimum atomic E-state index is 0.738. The molecule has 1 aromatic rings. The van der Waals surface area contributed by atoms with Crippen molar-refractivity contribution < 1.29 is 0 Å². The van der Waals surface area contributed by atoms with Gasteiger partial charge in [0.15, 0.2) is 0 Å². The zero-order valence-corrected chi connectivity index (χ0v) is 10.6. The van der Waals surface area contributed by atoms with Crippen molar-refractivity contribution in [3.63, 3.8) is 0 Å². The van der Waals surface area contributed by atoms with E-state index in [4.69, 9.17) is 5.73 Å². The average molecular weight is 234 g/mol. The fourth-order valence-corrected chi connectivity index (χ4v) is 2.25. The van der Waals surface area contributed by atoms with E-state index in [2.05, 4.69) is 21.7 Å². The van der Waals surface area contributed by atoms with Gasteiger partial charge in [0.25, 0.3) is 0 Å². The number of aromatic nitrogens is 1. The van der Waals surface area contributed by atoms with E-state index >= 15 is 0 Å². The summed E-state index contributed by atoms with van der Waals surface area (Å²) in [5.41, 5.74) is 7.48. The van der Waals surface area contributed by atoms with E-state index in [9.17, 15) is 0 Å². The summed E-state index contributed by atoms with van der Waals surface area (Å²) in [5, 5.41) is 0. The van der Waals surface area contributed by atoms with Crippen LogP contribution in [0.3, 0.4) is 0 Å². The van der Waals surface area contributed by atoms with Crippen molar-refractivity contribution in [3.05, 3.63) is 24.0 Å². The molecular weight excluding hydrogens is 212 g/mol. The quantitative estimate of drug-likeness (QED) is 0.850. The van der Waals surface area contributed by atoms with Crippen LogP contribution in [0, 0.1) is 0 Å². The first-order valence-corrected chi connectivity index (χ1v) is 6.43. The Morgan fingerprint density at radius 1 is 1.18 bits per heavy atom. The van der Waals surface area contributed by atoms with Crippen molar-refractivity contribution in [1.29, 1.82) is 0 Å². The highest BCUT2D eigenvalue weighted by Gasteiger charge is 2.16. The van der Waals surface area contributed by atoms with Gasteiger partial charge < -0.3 is 10.6 Å². The third-order valence-corrected chi connectivity index (χ3v) is 3.24. The number of piperazine rings is 1. The fourth-order valence-electron chi connectivity index (χ4n) is 2.25. The van der Waals surface area contributed by atoms with Crippen LogP contribution in [0.5, 0.6) is 0 Å². The Hall–Kier alpha value is -1.13. The van der Waals surface area contributed by atoms with Crippen LogP contribution in [0.15, 0.2) is 18.3 Å². The smallest absolute Gasteiger partial charge is 0.0545 e. The molecule has 0 atom stereocenters. The monoisotopic (exact) mass is 234 g/mol. The summed E-state index contributed by atoms with van der Waals surface area (Å²) in [6.45, 7) is 9.07. The molecule has 94 valence electrons. The molecule has 1 aliphatic rings. The molecule has 2 rings (SSSR count). The predicted molar refractivity (Wildman–Crippen MR) is 70.7 cm³/mol. The molecule has 4 nitrogen and oxygen atoms in total. The number of anilines is 1. The van der Waals surface area contributed by atoms with Crippen LogP contribution < -0.4 is 5.73 Å². The van der Waals surface area contributed by atoms with E-state index in [1.807, 2.05) is 12.1 Å². The molecule has 0 bridgehead atoms. The number of rotatable bonds is 4. The molecule has 1 saturated heterocycles. The van der Waals surface area contributed by atoms with Crippen LogP contribution >= 0.6 is 0 Å². The molecule has 0 aromatic carbocycles. The zero-order valence-electron chi connectivity index (χ0n) is 10.6. The topological polar surface area (TPSA) is 45.4 Å². The van der Waals surface area contributed by atoms with Crippen molar-refractivity contribution in [2.45, 2.75) is 19.9 Å². The summed E-state index contributed by atoms with van der Waals surface area (Å²) in [6, 6.07) is 3.95. The summed E-state index contributed by atoms with van der Waals surface area (Å²) >= 11 is 0. The van der Waals surface area contributed by atoms with Crippen LogP contribution in [0.1, 0.15) is 19.0 Å². The molecule has 4 heteroatoms. The van der Waals surface area contributed by atoms with Gasteiger partial charge >= 0.3 is 0 Å². The van der Waals surface area contributed by atoms with Crippen LogP contribution in [0.25, 0.3) is 0 Å². The summed E-state index contributed by atoms with van der Waals surface area (Å²) in [6.07, 6.45) is 2.99. The van der Waals surface area contributed by atoms with Gasteiger partial charge in [-0.3, -0.25) is 9.88 Å². The number of hydrogen-bond acceptors (Lipinski definition) is 4. The molecule has 0 aliphatic carbocycles. The van der Waals surface area contributed by atoms with E-state index in [1.165, 1.54) is 26.1 Å². The lowest BCUT2D eigenvalue weighted by molar-refractivity contribution is 0.126. The Labute approximate surface area is 103 Å². The summed E-state index contributed by atoms with van der Waals surface area (Å²) < 4.78 is 0. The SMILES string of the molecule is CCCN1CCN(Cc2ccc(N)cn2)CC1. The molecule has 0 amide bonds. The maximum absolute atomic E-state index is 5.63. The Morgan fingerprint density at radius 2 is 1.88 bits per heavy atom. The average Bonchev–Trinajstić information content (AvgIpc) is 2.35. The zero-order chi connectivity index (χ0) is 12.1. The maximum Gasteiger partial charge on any atom is 0.0545 e. The second-order valence-electron chi connectivity index (χ2n) is 4.70. The van der Waals surface area contributed by atoms with Gasteiger partial charge in [-0.15, -0.1) is 0 Å². The van der Waals surface area contributed by atoms with Crippen LogP contribution in [0.4, 0.5) is 5.69 Å². The minimum absolute atomic E-state index is 0.738. The Kier molecular flexibility index (Phi) is 4.34. The van der Waals surface area contributed by atoms with Crippen molar-refractivity contribution in [2.24, 2.45) is 0 Å². The van der Waals surface area contributed by atoms with E-state index in [0.717, 1.165) is 31.0 Å². The lowest BCUT2D eigenvalue weighted by Gasteiger charge is -2.34. The number of hydrogen-bond donors (Lipinski definition) is 1. The second-order valence-corrected chi connectivity index (χ2v) is 4.70. The van der Waals surface area contributed by atoms with Crippen molar-refractivity contribution >= 4 is 5.69 Å². The molecule has 2 N–H and O–H groups in total. The number of nitrogen functional groups attached to an aromatic ring is 1. The summed E-state index contributed by atoms with van der Waals surface area (Å²) in [7, 11) is 0. The highest BCUT2D eigenvalue weighted by molar-refractivity contribution is 5.34. The highest BCUT2D eigenvalue weighted by Crippen LogP contribution is 2.08. The van der Waals surface area contributed by atoms with Gasteiger partial charge in [0, 0.05) is 32.7 Å². The first kappa shape index (κ1) is 12.3. The van der Waals surface area contributed by atoms with Crippen LogP contribution in [0.2, 0.25) is 0 Å². The standard InChI is InChI=1S/C13H22N4/c1-2-5-16-6-8-17(9-7-16)11-13-4-3-12(14)10-15-13/h3-4,10H,2,5-9,11,14H2,1H3. The molecule has 0 spiro atoms. The van der Waals surface area contributed by atoms with Gasteiger partial charge in [-0.2, -0.15) is 0 Å². The third-order valence-electron chi connectivity index (χ3n) is 3.24. The van der Waals surface area contributed by atoms with Gasteiger partial charge in [-0.25, -0.2) is 0 Å². The van der Waals surface area contributed by atoms with Gasteiger partial charge in [0.05, 0.1) is 17.6 Å². The Balaban J connectivity index is 1.79. The van der Waals surface area contributed by atoms with Crippen LogP contribution in [-0.4, -0.2) is 47.5 Å². The molecule has 2 heterocycles. The summed E-state index contributed by atoms with van der Waals surface area (Å²) in [4.78, 5) is 9.35. The molecule has 0 unspecified atom stereocenters. The maximum atomic E-state index is 5.63. The summed E-state index contributed by atoms with van der Waals surface area (Å²) in [5.74, 6) is 0. The largest absolute Gasteiger partial charge is 0.397 e. The van der Waals surface area contributed by atoms with Gasteiger partial charge in [0.1, 0.15) is 0 Å². The first-order chi connectivity index (χ1) is 8.28. The van der Waals surface area contributed by atoms with E-state index in [-0.39, 0.29) is 0 Å². The fraction of sp³-hybridized carbons (Fsp3) is 0.615. The number of pyridine rings is 1. The predicted octanol–water partition coefficient (Wildman–Crippen LogP) is 1.19. The van der Waals surface area contributed by atoms with Crippen LogP contribution in [-0.2, 0) is 6.54 Å². The lowest BCUT2D eigenvalue weighted by Crippen LogP contribution is -2.46. The molecule has 0 saturated carbocycles. The molecule has 0 radical (unpaired) electrons. The van der Waals surface area contributed by atoms with Gasteiger partial charge in [-0.05, 0) is 25.1 Å². The lowest BCUT2D eigenvalue weighted by atomic mass is 10.2. The van der Waals surface area contributed by atoms with Gasteiger partial charge in [-0.1, -0.05) is 6.92 Å². The molecule has 1 aliphatic heterocycles. The normalized spacial score (nSPS) is 18.4. The van der Waals surface area contributed by atoms with E-state index in [1.54, 1.807) is 6.20 Å². The minimum Gasteiger partial charge on any atom is -0.397 e. The number of nitrogens with two attached hydrogens (primary N) is 1. The van der Waals surface area contributed by atoms with Gasteiger partial charge in [0.2, 0.25) is 0 Å². The molecular formula is C13H22N4. The first-order valence-electron chi connectivity index (χ1n) is 6.43. The van der Waals surface area contributed by atoms with E-state index < -0.39 is 0 Å². The van der Waals surface area contributed by atoms with Crippen molar-refractivity contribution in [2.75, 3.05) is 38.5 Å². The Bertz CT molecular complexity index is 328. The van der Waals surface area contributed by atoms with E-state index in [0.29, 0.717) is 0 Å². The second kappa shape index (κ2) is 5.98. The highest BCUT2D eigenvalue weighted by atomic mass is 15.3. The molecule has 17 heavy (non-hydrogen) atoms. The molecule has 1 fully saturated rings. The number of nitrogens with zero attached hydrogens (tertiary/aromatic N) is 3. The molecule has 1 aromatic heterocycles. The van der Waals surface area contributed by atoms with Crippen molar-refractivity contribution in [1.82, 2.24) is 14.8 Å².